The number of anilines is 2. The summed E-state index contributed by atoms with van der Waals surface area (Å²) in [5.74, 6) is 1.06. The third-order valence-corrected chi connectivity index (χ3v) is 11.9. The monoisotopic (exact) mass is 804 g/mol. The van der Waals surface area contributed by atoms with E-state index in [4.69, 9.17) is 16.6 Å². The number of carbonyl (C=O) groups is 3. The zero-order chi connectivity index (χ0) is 39.8. The summed E-state index contributed by atoms with van der Waals surface area (Å²) in [6, 6.07) is 17.3. The van der Waals surface area contributed by atoms with Crippen molar-refractivity contribution in [3.8, 4) is 5.00 Å². The molecule has 1 atom stereocenters. The second kappa shape index (κ2) is 15.8. The minimum Gasteiger partial charge on any atom is -0.356 e. The van der Waals surface area contributed by atoms with Crippen molar-refractivity contribution in [2.75, 3.05) is 29.9 Å². The zero-order valence-corrected chi connectivity index (χ0v) is 33.2. The molecule has 5 N–H and O–H groups in total. The number of urea groups is 1. The first-order valence-corrected chi connectivity index (χ1v) is 20.1. The van der Waals surface area contributed by atoms with Gasteiger partial charge in [0.05, 0.1) is 23.2 Å². The summed E-state index contributed by atoms with van der Waals surface area (Å²) in [6.45, 7) is 7.51. The maximum absolute atomic E-state index is 13.3. The van der Waals surface area contributed by atoms with Crippen molar-refractivity contribution in [2.24, 2.45) is 4.99 Å². The average Bonchev–Trinajstić information content (AvgIpc) is 3.95. The van der Waals surface area contributed by atoms with Gasteiger partial charge in [0.1, 0.15) is 16.9 Å². The van der Waals surface area contributed by atoms with E-state index in [9.17, 15) is 19.2 Å². The number of aromatic amines is 2. The normalized spacial score (nSPS) is 14.4. The highest BCUT2D eigenvalue weighted by molar-refractivity contribution is 7.15. The Morgan fingerprint density at radius 3 is 2.51 bits per heavy atom. The number of hydrogen-bond acceptors (Lipinski definition) is 8. The molecule has 14 nitrogen and oxygen atoms in total. The highest BCUT2D eigenvalue weighted by Gasteiger charge is 2.33. The first kappa shape index (κ1) is 37.8. The van der Waals surface area contributed by atoms with E-state index >= 15 is 0 Å². The lowest BCUT2D eigenvalue weighted by Crippen LogP contribution is -2.33. The summed E-state index contributed by atoms with van der Waals surface area (Å²) in [5, 5.41) is 19.5. The summed E-state index contributed by atoms with van der Waals surface area (Å²) in [6.07, 6.45) is 2.96. The smallest absolute Gasteiger partial charge is 0.326 e. The molecule has 0 bridgehead atoms. The first-order valence-electron chi connectivity index (χ1n) is 18.9. The fourth-order valence-electron chi connectivity index (χ4n) is 7.49. The molecule has 6 aromatic rings. The van der Waals surface area contributed by atoms with E-state index in [0.29, 0.717) is 64.9 Å². The Labute approximate surface area is 336 Å². The van der Waals surface area contributed by atoms with Gasteiger partial charge < -0.3 is 25.9 Å². The maximum atomic E-state index is 13.3. The largest absolute Gasteiger partial charge is 0.356 e. The number of nitrogens with one attached hydrogen (secondary N) is 5. The summed E-state index contributed by atoms with van der Waals surface area (Å²) in [7, 11) is 0. The van der Waals surface area contributed by atoms with Gasteiger partial charge in [-0.1, -0.05) is 29.8 Å². The van der Waals surface area contributed by atoms with E-state index in [-0.39, 0.29) is 30.0 Å². The third kappa shape index (κ3) is 7.59. The molecule has 0 fully saturated rings. The van der Waals surface area contributed by atoms with Gasteiger partial charge in [-0.15, -0.1) is 21.5 Å². The van der Waals surface area contributed by atoms with Crippen LogP contribution < -0.4 is 26.5 Å². The third-order valence-electron chi connectivity index (χ3n) is 10.5. The van der Waals surface area contributed by atoms with Crippen LogP contribution in [-0.4, -0.2) is 67.9 Å². The van der Waals surface area contributed by atoms with Gasteiger partial charge in [0, 0.05) is 57.6 Å². The van der Waals surface area contributed by atoms with Gasteiger partial charge in [-0.3, -0.25) is 24.0 Å². The molecule has 0 unspecified atom stereocenters. The van der Waals surface area contributed by atoms with Crippen molar-refractivity contribution in [1.82, 2.24) is 35.4 Å². The van der Waals surface area contributed by atoms with Crippen LogP contribution in [0.15, 0.2) is 70.5 Å². The predicted molar refractivity (Wildman–Crippen MR) is 223 cm³/mol. The van der Waals surface area contributed by atoms with Crippen LogP contribution in [0.5, 0.6) is 0 Å². The molecule has 57 heavy (non-hydrogen) atoms. The summed E-state index contributed by atoms with van der Waals surface area (Å²) in [4.78, 5) is 64.8. The number of thiophene rings is 1. The number of imidazole rings is 1. The molecule has 0 spiro atoms. The molecule has 3 aromatic heterocycles. The molecular formula is C41H41ClN10O4S. The number of unbranched alkanes of at least 4 members (excludes halogenated alkanes) is 2. The number of halogens is 1. The number of aromatic nitrogens is 5. The van der Waals surface area contributed by atoms with Crippen LogP contribution in [0.1, 0.15) is 80.9 Å². The van der Waals surface area contributed by atoms with Gasteiger partial charge in [0.25, 0.3) is 5.91 Å². The van der Waals surface area contributed by atoms with E-state index in [1.807, 2.05) is 41.8 Å². The Morgan fingerprint density at radius 1 is 0.930 bits per heavy atom. The molecule has 16 heteroatoms. The van der Waals surface area contributed by atoms with E-state index in [2.05, 4.69) is 50.0 Å². The zero-order valence-electron chi connectivity index (χ0n) is 31.7. The molecule has 2 aliphatic heterocycles. The fourth-order valence-corrected chi connectivity index (χ4v) is 8.83. The summed E-state index contributed by atoms with van der Waals surface area (Å²) < 4.78 is 2.03. The van der Waals surface area contributed by atoms with Gasteiger partial charge >= 0.3 is 11.7 Å². The summed E-state index contributed by atoms with van der Waals surface area (Å²) >= 11 is 7.90. The molecule has 0 saturated heterocycles. The van der Waals surface area contributed by atoms with Crippen LogP contribution in [-0.2, 0) is 11.2 Å². The minimum absolute atomic E-state index is 0.115. The number of amides is 4. The second-order valence-electron chi connectivity index (χ2n) is 14.2. The standard InChI is InChI=1S/C41H41ClN10O4S/c1-22-23(2)57-39-35(22)36(25-10-12-26(42)13-11-25)46-32(37-50-49-24(3)52(37)39)21-34(53)43-17-5-4-6-18-44-38(54)29-8-7-9-33-28(29)16-19-51(33)41(56)45-27-14-15-30-31(20-27)48-40(55)47-30/h7-15,20,32H,4-6,16-19,21H2,1-3H3,(H,43,53)(H,44,54)(H,45,56)(H2,47,48,55)/t32-/m0/s1. The summed E-state index contributed by atoms with van der Waals surface area (Å²) in [5.41, 5.74) is 7.42. The van der Waals surface area contributed by atoms with Crippen molar-refractivity contribution < 1.29 is 14.4 Å². The number of carbonyl (C=O) groups excluding carboxylic acids is 3. The SMILES string of the molecule is Cc1sc2c(c1C)C(c1ccc(Cl)cc1)=N[C@@H](CC(=O)NCCCCCNC(=O)c1cccc3c1CCN3C(=O)Nc1ccc3[nH]c(=O)[nH]c3c1)c1nnc(C)n1-2. The van der Waals surface area contributed by atoms with Crippen LogP contribution in [0.4, 0.5) is 16.2 Å². The van der Waals surface area contributed by atoms with E-state index in [1.54, 1.807) is 46.6 Å². The lowest BCUT2D eigenvalue weighted by molar-refractivity contribution is -0.121. The molecule has 0 aliphatic carbocycles. The minimum atomic E-state index is -0.542. The van der Waals surface area contributed by atoms with Crippen LogP contribution in [0.25, 0.3) is 16.0 Å². The van der Waals surface area contributed by atoms with Crippen molar-refractivity contribution >= 4 is 68.9 Å². The Bertz CT molecular complexity index is 2620. The number of fused-ring (bicyclic) bond motifs is 5. The van der Waals surface area contributed by atoms with Crippen LogP contribution in [0.2, 0.25) is 5.02 Å². The molecule has 0 saturated carbocycles. The molecule has 0 radical (unpaired) electrons. The number of H-pyrrole nitrogens is 2. The molecule has 2 aliphatic rings. The van der Waals surface area contributed by atoms with E-state index in [0.717, 1.165) is 58.1 Å². The van der Waals surface area contributed by atoms with Crippen LogP contribution in [0.3, 0.4) is 0 Å². The number of benzene rings is 3. The van der Waals surface area contributed by atoms with Gasteiger partial charge in [-0.2, -0.15) is 0 Å². The quantitative estimate of drug-likeness (QED) is 0.0912. The molecule has 4 amide bonds. The predicted octanol–water partition coefficient (Wildman–Crippen LogP) is 6.67. The van der Waals surface area contributed by atoms with Gasteiger partial charge in [-0.25, -0.2) is 9.59 Å². The molecule has 5 heterocycles. The van der Waals surface area contributed by atoms with Crippen LogP contribution in [0, 0.1) is 20.8 Å². The first-order chi connectivity index (χ1) is 27.5. The Balaban J connectivity index is 0.830. The van der Waals surface area contributed by atoms with Crippen molar-refractivity contribution in [2.45, 2.75) is 58.9 Å². The second-order valence-corrected chi connectivity index (χ2v) is 15.9. The fraction of sp³-hybridized carbons (Fsp3) is 0.293. The molecule has 292 valence electrons. The number of hydrogen-bond donors (Lipinski definition) is 5. The highest BCUT2D eigenvalue weighted by Crippen LogP contribution is 2.39. The van der Waals surface area contributed by atoms with Crippen molar-refractivity contribution in [3.05, 3.63) is 121 Å². The molecule has 3 aromatic carbocycles. The number of aliphatic imine (C=N–C) groups is 1. The van der Waals surface area contributed by atoms with Crippen molar-refractivity contribution in [1.29, 1.82) is 0 Å². The lowest BCUT2D eigenvalue weighted by atomic mass is 9.99. The topological polar surface area (TPSA) is 182 Å². The van der Waals surface area contributed by atoms with E-state index in [1.165, 1.54) is 4.88 Å². The molecular weight excluding hydrogens is 764 g/mol. The molecule has 8 rings (SSSR count). The average molecular weight is 805 g/mol. The number of rotatable bonds is 11. The number of aryl methyl sites for hydroxylation is 2. The Kier molecular flexibility index (Phi) is 10.5. The Morgan fingerprint density at radius 2 is 1.70 bits per heavy atom. The van der Waals surface area contributed by atoms with Gasteiger partial charge in [-0.05, 0) is 100 Å². The van der Waals surface area contributed by atoms with Crippen LogP contribution >= 0.6 is 22.9 Å². The Hall–Kier alpha value is -6.06. The highest BCUT2D eigenvalue weighted by atomic mass is 35.5. The lowest BCUT2D eigenvalue weighted by Gasteiger charge is -2.18. The maximum Gasteiger partial charge on any atom is 0.326 e. The van der Waals surface area contributed by atoms with Gasteiger partial charge in [0.15, 0.2) is 5.82 Å². The van der Waals surface area contributed by atoms with E-state index < -0.39 is 6.04 Å². The van der Waals surface area contributed by atoms with Crippen molar-refractivity contribution in [3.63, 3.8) is 0 Å². The van der Waals surface area contributed by atoms with Gasteiger partial charge in [0.2, 0.25) is 5.91 Å². The number of nitrogens with zero attached hydrogens (tertiary/aromatic N) is 5.